The molecule has 0 radical (unpaired) electrons. The van der Waals surface area contributed by atoms with Crippen molar-refractivity contribution in [2.45, 2.75) is 0 Å². The number of aromatic amines is 1. The molecule has 2 aromatic heterocycles. The molecule has 6 heteroatoms. The molecule has 6 nitrogen and oxygen atoms in total. The Bertz CT molecular complexity index is 1090. The number of para-hydroxylation sites is 1. The zero-order valence-electron chi connectivity index (χ0n) is 12.4. The second-order valence-electron chi connectivity index (χ2n) is 5.22. The zero-order valence-corrected chi connectivity index (χ0v) is 12.4. The highest BCUT2D eigenvalue weighted by molar-refractivity contribution is 6.06. The number of nitrogens with one attached hydrogen (secondary N) is 1. The number of nitrogens with two attached hydrogens (primary N) is 1. The summed E-state index contributed by atoms with van der Waals surface area (Å²) in [6.45, 7) is 0. The lowest BCUT2D eigenvalue weighted by atomic mass is 10.1. The third kappa shape index (κ3) is 1.96. The fourth-order valence-corrected chi connectivity index (χ4v) is 2.77. The molecule has 2 heterocycles. The van der Waals surface area contributed by atoms with Crippen LogP contribution in [-0.2, 0) is 0 Å². The molecule has 4 aromatic rings. The number of methoxy groups -OCH3 is 1. The lowest BCUT2D eigenvalue weighted by Crippen LogP contribution is -2.08. The van der Waals surface area contributed by atoms with Gasteiger partial charge in [-0.3, -0.25) is 4.79 Å². The lowest BCUT2D eigenvalue weighted by molar-refractivity contribution is 0.414. The second-order valence-corrected chi connectivity index (χ2v) is 5.22. The Kier molecular flexibility index (Phi) is 2.84. The summed E-state index contributed by atoms with van der Waals surface area (Å²) in [5.74, 6) is 1.00. The van der Waals surface area contributed by atoms with Gasteiger partial charge < -0.3 is 15.5 Å². The van der Waals surface area contributed by atoms with E-state index < -0.39 is 0 Å². The van der Waals surface area contributed by atoms with Gasteiger partial charge in [0.2, 0.25) is 0 Å². The Hall–Kier alpha value is -3.28. The maximum atomic E-state index is 12.4. The molecule has 0 aliphatic carbocycles. The summed E-state index contributed by atoms with van der Waals surface area (Å²) < 4.78 is 6.80. The third-order valence-electron chi connectivity index (χ3n) is 3.88. The molecule has 0 saturated carbocycles. The van der Waals surface area contributed by atoms with Crippen molar-refractivity contribution in [3.63, 3.8) is 0 Å². The smallest absolute Gasteiger partial charge is 0.261 e. The van der Waals surface area contributed by atoms with Gasteiger partial charge in [0.25, 0.3) is 5.56 Å². The number of aromatic nitrogens is 3. The summed E-state index contributed by atoms with van der Waals surface area (Å²) >= 11 is 0. The topological polar surface area (TPSA) is 85.9 Å². The number of hydrogen-bond donors (Lipinski definition) is 2. The van der Waals surface area contributed by atoms with Gasteiger partial charge in [-0.2, -0.15) is 5.10 Å². The predicted octanol–water partition coefficient (Wildman–Crippen LogP) is 2.46. The first kappa shape index (κ1) is 13.4. The molecule has 114 valence electrons. The van der Waals surface area contributed by atoms with E-state index in [1.807, 2.05) is 48.5 Å². The molecular weight excluding hydrogens is 292 g/mol. The summed E-state index contributed by atoms with van der Waals surface area (Å²) in [5, 5.41) is 5.81. The van der Waals surface area contributed by atoms with E-state index in [1.165, 1.54) is 0 Å². The molecule has 4 rings (SSSR count). The fourth-order valence-electron chi connectivity index (χ4n) is 2.77. The minimum Gasteiger partial charge on any atom is -0.497 e. The Morgan fingerprint density at radius 1 is 1.17 bits per heavy atom. The number of anilines is 1. The molecule has 0 atom stereocenters. The van der Waals surface area contributed by atoms with E-state index in [0.717, 1.165) is 16.6 Å². The van der Waals surface area contributed by atoms with Crippen molar-refractivity contribution in [3.8, 4) is 11.4 Å². The lowest BCUT2D eigenvalue weighted by Gasteiger charge is -2.05. The van der Waals surface area contributed by atoms with Crippen LogP contribution in [-0.4, -0.2) is 21.9 Å². The van der Waals surface area contributed by atoms with Gasteiger partial charge in [0.05, 0.1) is 18.3 Å². The molecule has 0 unspecified atom stereocenters. The standard InChI is InChI=1S/C17H14N4O2/c1-23-11-6-4-5-10(9-11)21-16(18)14-15(20-21)12-7-2-3-8-13(12)19-17(14)22/h2-9H,18H2,1H3,(H,19,22). The zero-order chi connectivity index (χ0) is 16.0. The molecule has 0 aliphatic rings. The van der Waals surface area contributed by atoms with Crippen LogP contribution in [0.25, 0.3) is 27.5 Å². The van der Waals surface area contributed by atoms with Crippen LogP contribution >= 0.6 is 0 Å². The predicted molar refractivity (Wildman–Crippen MR) is 90.2 cm³/mol. The normalized spacial score (nSPS) is 11.2. The van der Waals surface area contributed by atoms with Crippen LogP contribution in [0.4, 0.5) is 5.82 Å². The van der Waals surface area contributed by atoms with Crippen molar-refractivity contribution >= 4 is 27.6 Å². The minimum absolute atomic E-state index is 0.245. The first-order chi connectivity index (χ1) is 11.2. The highest BCUT2D eigenvalue weighted by Crippen LogP contribution is 2.27. The number of nitrogens with zero attached hydrogens (tertiary/aromatic N) is 2. The first-order valence-electron chi connectivity index (χ1n) is 7.12. The molecule has 2 aromatic carbocycles. The Morgan fingerprint density at radius 3 is 2.83 bits per heavy atom. The van der Waals surface area contributed by atoms with Crippen molar-refractivity contribution in [2.24, 2.45) is 0 Å². The van der Waals surface area contributed by atoms with Crippen molar-refractivity contribution < 1.29 is 4.74 Å². The molecule has 0 spiro atoms. The van der Waals surface area contributed by atoms with Gasteiger partial charge in [-0.1, -0.05) is 24.3 Å². The van der Waals surface area contributed by atoms with Crippen molar-refractivity contribution in [1.29, 1.82) is 0 Å². The van der Waals surface area contributed by atoms with E-state index in [2.05, 4.69) is 10.1 Å². The van der Waals surface area contributed by atoms with E-state index in [4.69, 9.17) is 10.5 Å². The van der Waals surface area contributed by atoms with E-state index in [9.17, 15) is 4.79 Å². The van der Waals surface area contributed by atoms with Crippen LogP contribution in [0.15, 0.2) is 53.3 Å². The van der Waals surface area contributed by atoms with Gasteiger partial charge >= 0.3 is 0 Å². The number of ether oxygens (including phenoxy) is 1. The minimum atomic E-state index is -0.245. The highest BCUT2D eigenvalue weighted by atomic mass is 16.5. The van der Waals surface area contributed by atoms with Crippen molar-refractivity contribution in [2.75, 3.05) is 12.8 Å². The van der Waals surface area contributed by atoms with Crippen LogP contribution in [0, 0.1) is 0 Å². The van der Waals surface area contributed by atoms with Crippen LogP contribution in [0.1, 0.15) is 0 Å². The SMILES string of the molecule is COc1cccc(-n2nc3c(c2N)c(=O)[nH]c2ccccc23)c1. The monoisotopic (exact) mass is 306 g/mol. The largest absolute Gasteiger partial charge is 0.497 e. The Morgan fingerprint density at radius 2 is 2.00 bits per heavy atom. The quantitative estimate of drug-likeness (QED) is 0.595. The van der Waals surface area contributed by atoms with Crippen molar-refractivity contribution in [3.05, 3.63) is 58.9 Å². The first-order valence-corrected chi connectivity index (χ1v) is 7.12. The summed E-state index contributed by atoms with van der Waals surface area (Å²) in [5.41, 5.74) is 8.01. The molecule has 0 saturated heterocycles. The number of benzene rings is 2. The van der Waals surface area contributed by atoms with E-state index in [-0.39, 0.29) is 5.56 Å². The van der Waals surface area contributed by atoms with Gasteiger partial charge in [-0.25, -0.2) is 4.68 Å². The molecule has 3 N–H and O–H groups in total. The van der Waals surface area contributed by atoms with Gasteiger partial charge in [-0.15, -0.1) is 0 Å². The molecule has 0 amide bonds. The Balaban J connectivity index is 2.09. The summed E-state index contributed by atoms with van der Waals surface area (Å²) in [4.78, 5) is 15.2. The van der Waals surface area contributed by atoms with E-state index in [0.29, 0.717) is 22.5 Å². The van der Waals surface area contributed by atoms with E-state index in [1.54, 1.807) is 11.8 Å². The number of H-pyrrole nitrogens is 1. The maximum Gasteiger partial charge on any atom is 0.261 e. The van der Waals surface area contributed by atoms with Gasteiger partial charge in [0.15, 0.2) is 0 Å². The molecule has 0 fully saturated rings. The number of fused-ring (bicyclic) bond motifs is 3. The second kappa shape index (κ2) is 4.88. The number of hydrogen-bond acceptors (Lipinski definition) is 4. The van der Waals surface area contributed by atoms with Crippen LogP contribution in [0.3, 0.4) is 0 Å². The third-order valence-corrected chi connectivity index (χ3v) is 3.88. The average Bonchev–Trinajstić information content (AvgIpc) is 2.93. The Labute approximate surface area is 131 Å². The summed E-state index contributed by atoms with van der Waals surface area (Å²) in [7, 11) is 1.60. The molecule has 23 heavy (non-hydrogen) atoms. The van der Waals surface area contributed by atoms with Gasteiger partial charge in [-0.05, 0) is 18.2 Å². The maximum absolute atomic E-state index is 12.4. The van der Waals surface area contributed by atoms with Gasteiger partial charge in [0.1, 0.15) is 22.5 Å². The van der Waals surface area contributed by atoms with E-state index >= 15 is 0 Å². The average molecular weight is 306 g/mol. The van der Waals surface area contributed by atoms with Crippen LogP contribution in [0.5, 0.6) is 5.75 Å². The fraction of sp³-hybridized carbons (Fsp3) is 0.0588. The molecule has 0 bridgehead atoms. The molecule has 0 aliphatic heterocycles. The summed E-state index contributed by atoms with van der Waals surface area (Å²) in [6.07, 6.45) is 0. The summed E-state index contributed by atoms with van der Waals surface area (Å²) in [6, 6.07) is 14.9. The van der Waals surface area contributed by atoms with Crippen molar-refractivity contribution in [1.82, 2.24) is 14.8 Å². The number of nitrogen functional groups attached to an aromatic ring is 1. The van der Waals surface area contributed by atoms with Crippen LogP contribution in [0.2, 0.25) is 0 Å². The number of rotatable bonds is 2. The number of pyridine rings is 1. The van der Waals surface area contributed by atoms with Crippen LogP contribution < -0.4 is 16.0 Å². The van der Waals surface area contributed by atoms with Gasteiger partial charge in [0, 0.05) is 11.5 Å². The molecular formula is C17H14N4O2. The highest BCUT2D eigenvalue weighted by Gasteiger charge is 2.16.